The van der Waals surface area contributed by atoms with Crippen molar-refractivity contribution < 1.29 is 36.6 Å². The zero-order valence-corrected chi connectivity index (χ0v) is 26.1. The van der Waals surface area contributed by atoms with E-state index in [-0.39, 0.29) is 40.2 Å². The summed E-state index contributed by atoms with van der Waals surface area (Å²) in [6.07, 6.45) is 0.300. The van der Waals surface area contributed by atoms with E-state index in [9.17, 15) is 27.2 Å². The Morgan fingerprint density at radius 1 is 1.13 bits per heavy atom. The molecule has 15 heteroatoms. The molecule has 3 amide bonds. The van der Waals surface area contributed by atoms with Crippen molar-refractivity contribution in [3.63, 3.8) is 0 Å². The quantitative estimate of drug-likeness (QED) is 0.183. The van der Waals surface area contributed by atoms with E-state index in [1.807, 2.05) is 26.8 Å². The smallest absolute Gasteiger partial charge is 0.489 e. The summed E-state index contributed by atoms with van der Waals surface area (Å²) in [6, 6.07) is 13.8. The Bertz CT molecular complexity index is 1840. The number of nitrogens with one attached hydrogen (secondary N) is 1. The van der Waals surface area contributed by atoms with Crippen LogP contribution in [-0.2, 0) is 4.79 Å². The summed E-state index contributed by atoms with van der Waals surface area (Å²) in [5.41, 5.74) is 2.13. The highest BCUT2D eigenvalue weighted by Crippen LogP contribution is 2.36. The van der Waals surface area contributed by atoms with Crippen molar-refractivity contribution in [2.75, 3.05) is 16.0 Å². The minimum absolute atomic E-state index is 0.0779. The summed E-state index contributed by atoms with van der Waals surface area (Å²) in [6.45, 7) is 5.77. The molecule has 1 fully saturated rings. The van der Waals surface area contributed by atoms with Crippen LogP contribution in [0.5, 0.6) is 11.5 Å². The van der Waals surface area contributed by atoms with Gasteiger partial charge >= 0.3 is 12.4 Å². The molecule has 47 heavy (non-hydrogen) atoms. The summed E-state index contributed by atoms with van der Waals surface area (Å²) < 4.78 is 63.4. The molecule has 0 aliphatic carbocycles. The lowest BCUT2D eigenvalue weighted by Crippen LogP contribution is -2.31. The van der Waals surface area contributed by atoms with Crippen molar-refractivity contribution in [2.24, 2.45) is 4.99 Å². The number of rotatable bonds is 9. The summed E-state index contributed by atoms with van der Waals surface area (Å²) in [5, 5.41) is 6.81. The lowest BCUT2D eigenvalue weighted by atomic mass is 10.2. The van der Waals surface area contributed by atoms with Gasteiger partial charge < -0.3 is 14.8 Å². The van der Waals surface area contributed by atoms with E-state index in [4.69, 9.17) is 4.74 Å². The van der Waals surface area contributed by atoms with Crippen LogP contribution in [0.1, 0.15) is 37.2 Å². The molecule has 1 aliphatic heterocycles. The molecule has 1 aromatic heterocycles. The fraction of sp³-hybridized carbons (Fsp3) is 0.219. The Balaban J connectivity index is 1.25. The number of benzene rings is 3. The van der Waals surface area contributed by atoms with Gasteiger partial charge in [-0.1, -0.05) is 36.9 Å². The molecule has 2 heterocycles. The van der Waals surface area contributed by atoms with Crippen LogP contribution in [0.15, 0.2) is 72.0 Å². The van der Waals surface area contributed by atoms with Crippen molar-refractivity contribution in [3.05, 3.63) is 89.8 Å². The number of alkyl halides is 3. The molecule has 0 spiro atoms. The maximum absolute atomic E-state index is 15.0. The van der Waals surface area contributed by atoms with Crippen molar-refractivity contribution in [3.8, 4) is 17.2 Å². The number of amidine groups is 1. The number of aryl methyl sites for hydroxylation is 1. The van der Waals surface area contributed by atoms with Crippen LogP contribution in [0, 0.1) is 12.7 Å². The normalized spacial score (nSPS) is 15.0. The first-order chi connectivity index (χ1) is 22.4. The van der Waals surface area contributed by atoms with Crippen LogP contribution >= 0.6 is 11.8 Å². The first-order valence-corrected chi connectivity index (χ1v) is 15.3. The lowest BCUT2D eigenvalue weighted by Gasteiger charge is -2.22. The number of carbonyl (C=O) groups is 2. The molecule has 0 saturated carbocycles. The molecule has 1 N–H and O–H groups in total. The van der Waals surface area contributed by atoms with Gasteiger partial charge in [0.15, 0.2) is 11.0 Å². The number of anilines is 2. The predicted octanol–water partition coefficient (Wildman–Crippen LogP) is 7.63. The van der Waals surface area contributed by atoms with Crippen LogP contribution in [-0.4, -0.2) is 50.1 Å². The number of hydrogen-bond acceptors (Lipinski definition) is 7. The van der Waals surface area contributed by atoms with E-state index in [0.717, 1.165) is 35.9 Å². The molecule has 1 atom stereocenters. The second-order valence-corrected chi connectivity index (χ2v) is 11.3. The van der Waals surface area contributed by atoms with E-state index in [2.05, 4.69) is 25.1 Å². The molecule has 1 saturated heterocycles. The van der Waals surface area contributed by atoms with Crippen LogP contribution in [0.3, 0.4) is 0 Å². The second-order valence-electron chi connectivity index (χ2n) is 10.3. The Kier molecular flexibility index (Phi) is 9.94. The van der Waals surface area contributed by atoms with E-state index < -0.39 is 18.2 Å². The van der Waals surface area contributed by atoms with Gasteiger partial charge in [0.25, 0.3) is 0 Å². The molecule has 10 nitrogen and oxygen atoms in total. The van der Waals surface area contributed by atoms with Crippen LogP contribution in [0.4, 0.5) is 33.7 Å². The number of thioether (sulfide) groups is 1. The van der Waals surface area contributed by atoms with Crippen molar-refractivity contribution in [2.45, 2.75) is 39.7 Å². The van der Waals surface area contributed by atoms with Crippen molar-refractivity contribution in [1.82, 2.24) is 14.8 Å². The Morgan fingerprint density at radius 3 is 2.60 bits per heavy atom. The number of carbonyl (C=O) groups excluding carboxylic acids is 2. The molecule has 0 bridgehead atoms. The first kappa shape index (κ1) is 33.2. The number of aromatic nitrogens is 3. The van der Waals surface area contributed by atoms with Gasteiger partial charge in [-0.05, 0) is 86.0 Å². The van der Waals surface area contributed by atoms with Gasteiger partial charge in [-0.25, -0.2) is 18.9 Å². The number of urea groups is 1. The molecule has 4 aromatic rings. The second kappa shape index (κ2) is 14.1. The molecule has 3 aromatic carbocycles. The average molecular weight is 669 g/mol. The minimum atomic E-state index is -4.79. The minimum Gasteiger partial charge on any atom is -0.489 e. The Morgan fingerprint density at radius 2 is 1.89 bits per heavy atom. The molecule has 0 radical (unpaired) electrons. The van der Waals surface area contributed by atoms with Crippen LogP contribution in [0.2, 0.25) is 0 Å². The van der Waals surface area contributed by atoms with Gasteiger partial charge in [-0.3, -0.25) is 9.69 Å². The third kappa shape index (κ3) is 8.55. The average Bonchev–Trinajstić information content (AvgIpc) is 3.64. The van der Waals surface area contributed by atoms with Crippen molar-refractivity contribution in [1.29, 1.82) is 0 Å². The number of ether oxygens (including phenoxy) is 2. The SMILES string of the molecule is CCC(C)Oc1ccc(C)cc1N1C(=O)CSC1=NC(=O)Nc1ccc(/C=C/c2ncn(-c3ccc(OC(F)(F)F)cc3)n2)cc1F. The third-order valence-electron chi connectivity index (χ3n) is 6.73. The fourth-order valence-electron chi connectivity index (χ4n) is 4.30. The van der Waals surface area contributed by atoms with E-state index in [0.29, 0.717) is 22.7 Å². The number of halogens is 4. The van der Waals surface area contributed by atoms with Crippen LogP contribution in [0.25, 0.3) is 17.8 Å². The van der Waals surface area contributed by atoms with Gasteiger partial charge in [-0.2, -0.15) is 4.99 Å². The standard InChI is InChI=1S/C32H28F4N6O4S/c1-4-20(3)45-27-13-5-19(2)15-26(27)42-29(43)17-47-31(42)39-30(44)38-25-12-6-21(16-24(25)33)7-14-28-37-18-41(40-28)22-8-10-23(11-9-22)46-32(34,35)36/h5-16,18,20H,4,17H2,1-3H3,(H,38,44)/b14-7+,39-31?. The third-order valence-corrected chi connectivity index (χ3v) is 7.65. The van der Waals surface area contributed by atoms with Gasteiger partial charge in [-0.15, -0.1) is 18.3 Å². The molecular weight excluding hydrogens is 640 g/mol. The molecule has 5 rings (SSSR count). The summed E-state index contributed by atoms with van der Waals surface area (Å²) in [5.74, 6) is -0.540. The Hall–Kier alpha value is -5.18. The molecule has 1 unspecified atom stereocenters. The fourth-order valence-corrected chi connectivity index (χ4v) is 5.16. The molecular formula is C32H28F4N6O4S. The zero-order valence-electron chi connectivity index (χ0n) is 25.3. The number of nitrogens with zero attached hydrogens (tertiary/aromatic N) is 5. The van der Waals surface area contributed by atoms with E-state index in [1.165, 1.54) is 46.3 Å². The van der Waals surface area contributed by atoms with Crippen LogP contribution < -0.4 is 19.7 Å². The Labute approximate surface area is 271 Å². The summed E-state index contributed by atoms with van der Waals surface area (Å²) >= 11 is 1.09. The molecule has 244 valence electrons. The lowest BCUT2D eigenvalue weighted by molar-refractivity contribution is -0.274. The zero-order chi connectivity index (χ0) is 33.7. The van der Waals surface area contributed by atoms with Crippen molar-refractivity contribution >= 4 is 52.4 Å². The maximum atomic E-state index is 15.0. The number of amides is 3. The monoisotopic (exact) mass is 668 g/mol. The number of aliphatic imine (C=N–C) groups is 1. The number of hydrogen-bond donors (Lipinski definition) is 1. The van der Waals surface area contributed by atoms with E-state index >= 15 is 0 Å². The maximum Gasteiger partial charge on any atom is 0.573 e. The van der Waals surface area contributed by atoms with Gasteiger partial charge in [0.2, 0.25) is 5.91 Å². The highest BCUT2D eigenvalue weighted by molar-refractivity contribution is 8.15. The molecule has 1 aliphatic rings. The highest BCUT2D eigenvalue weighted by Gasteiger charge is 2.33. The van der Waals surface area contributed by atoms with Gasteiger partial charge in [0, 0.05) is 0 Å². The summed E-state index contributed by atoms with van der Waals surface area (Å²) in [7, 11) is 0. The summed E-state index contributed by atoms with van der Waals surface area (Å²) in [4.78, 5) is 35.2. The van der Waals surface area contributed by atoms with Gasteiger partial charge in [0.05, 0.1) is 28.9 Å². The van der Waals surface area contributed by atoms with E-state index in [1.54, 1.807) is 24.3 Å². The predicted molar refractivity (Wildman–Crippen MR) is 171 cm³/mol. The topological polar surface area (TPSA) is 111 Å². The first-order valence-electron chi connectivity index (χ1n) is 14.3. The highest BCUT2D eigenvalue weighted by atomic mass is 32.2. The van der Waals surface area contributed by atoms with Gasteiger partial charge in [0.1, 0.15) is 23.6 Å². The largest absolute Gasteiger partial charge is 0.573 e.